The van der Waals surface area contributed by atoms with Crippen molar-refractivity contribution in [3.8, 4) is 11.5 Å². The lowest BCUT2D eigenvalue weighted by atomic mass is 9.93. The Bertz CT molecular complexity index is 1400. The summed E-state index contributed by atoms with van der Waals surface area (Å²) in [5, 5.41) is 3.25. The van der Waals surface area contributed by atoms with Crippen LogP contribution in [0.5, 0.6) is 11.5 Å². The van der Waals surface area contributed by atoms with Crippen molar-refractivity contribution < 1.29 is 23.8 Å². The number of likely N-dealkylation sites (tertiary alicyclic amines) is 1. The molecule has 2 amide bonds. The number of amides is 2. The second-order valence-corrected chi connectivity index (χ2v) is 11.4. The molecule has 222 valence electrons. The third-order valence-corrected chi connectivity index (χ3v) is 8.86. The van der Waals surface area contributed by atoms with Crippen LogP contribution in [0.4, 0.5) is 10.6 Å². The number of hydrogen-bond donors (Lipinski definition) is 3. The molecule has 16 heteroatoms. The Morgan fingerprint density at radius 1 is 1.24 bits per heavy atom. The highest BCUT2D eigenvalue weighted by molar-refractivity contribution is 9.10. The number of alkyl carbamates (subject to hydrolysis) is 1. The number of fused-ring (bicyclic) bond motifs is 2. The van der Waals surface area contributed by atoms with E-state index in [1.165, 1.54) is 18.1 Å². The predicted molar refractivity (Wildman–Crippen MR) is 158 cm³/mol. The number of halogens is 2. The number of rotatable bonds is 9. The molecule has 0 saturated carbocycles. The lowest BCUT2D eigenvalue weighted by molar-refractivity contribution is -0.140. The molecule has 0 unspecified atom stereocenters. The van der Waals surface area contributed by atoms with Crippen LogP contribution < -0.4 is 26.3 Å². The van der Waals surface area contributed by atoms with Gasteiger partial charge in [-0.15, -0.1) is 12.4 Å². The summed E-state index contributed by atoms with van der Waals surface area (Å²) in [6.45, 7) is 4.27. The normalized spacial score (nSPS) is 15.4. The van der Waals surface area contributed by atoms with Gasteiger partial charge in [0.2, 0.25) is 6.79 Å². The van der Waals surface area contributed by atoms with E-state index >= 15 is 0 Å². The zero-order valence-corrected chi connectivity index (χ0v) is 25.6. The van der Waals surface area contributed by atoms with Crippen LogP contribution in [0, 0.1) is 5.92 Å². The van der Waals surface area contributed by atoms with E-state index in [2.05, 4.69) is 35.8 Å². The van der Waals surface area contributed by atoms with Crippen molar-refractivity contribution in [3.05, 3.63) is 22.9 Å². The molecule has 2 aromatic heterocycles. The van der Waals surface area contributed by atoms with E-state index in [-0.39, 0.29) is 25.1 Å². The Labute approximate surface area is 255 Å². The lowest BCUT2D eigenvalue weighted by Crippen LogP contribution is -2.45. The van der Waals surface area contributed by atoms with E-state index in [0.29, 0.717) is 67.1 Å². The predicted octanol–water partition coefficient (Wildman–Crippen LogP) is 3.17. The number of imidazole rings is 1. The van der Waals surface area contributed by atoms with E-state index < -0.39 is 12.2 Å². The Kier molecular flexibility index (Phi) is 10.4. The maximum Gasteiger partial charge on any atom is 0.407 e. The van der Waals surface area contributed by atoms with Crippen molar-refractivity contribution in [3.63, 3.8) is 0 Å². The fraction of sp³-hybridized carbons (Fsp3) is 0.480. The number of nitrogens with zero attached hydrogens (tertiary/aromatic N) is 5. The van der Waals surface area contributed by atoms with Gasteiger partial charge >= 0.3 is 6.09 Å². The summed E-state index contributed by atoms with van der Waals surface area (Å²) in [6.07, 6.45) is 2.52. The van der Waals surface area contributed by atoms with Crippen molar-refractivity contribution in [2.45, 2.75) is 48.9 Å². The van der Waals surface area contributed by atoms with Crippen LogP contribution in [-0.2, 0) is 16.1 Å². The number of ether oxygens (including phenoxy) is 3. The molecule has 3 aromatic rings. The maximum absolute atomic E-state index is 12.8. The fourth-order valence-corrected chi connectivity index (χ4v) is 6.24. The number of hydrogen-bond acceptors (Lipinski definition) is 11. The number of nitrogens with one attached hydrogen (secondary N) is 1. The smallest absolute Gasteiger partial charge is 0.407 e. The molecule has 4 heterocycles. The van der Waals surface area contributed by atoms with Crippen molar-refractivity contribution in [1.82, 2.24) is 29.7 Å². The molecule has 5 rings (SSSR count). The van der Waals surface area contributed by atoms with E-state index in [4.69, 9.17) is 30.7 Å². The molecule has 1 fully saturated rings. The van der Waals surface area contributed by atoms with Crippen molar-refractivity contribution in [1.29, 1.82) is 0 Å². The first-order valence-corrected chi connectivity index (χ1v) is 14.6. The van der Waals surface area contributed by atoms with E-state index in [0.717, 1.165) is 33.8 Å². The van der Waals surface area contributed by atoms with E-state index in [9.17, 15) is 9.59 Å². The number of benzene rings is 1. The first-order valence-electron chi connectivity index (χ1n) is 13.0. The monoisotopic (exact) mass is 670 g/mol. The largest absolute Gasteiger partial charge is 0.454 e. The molecule has 13 nitrogen and oxygen atoms in total. The molecule has 0 radical (unpaired) electrons. The average Bonchev–Trinajstić information content (AvgIpc) is 3.55. The number of nitrogen functional groups attached to an aromatic ring is 1. The standard InChI is InChI=1S/C25H31BrN8O5S.ClH/c1-14(39-25(36)29-6-5-27)23(35)33-7-2-15(3-8-33)4-9-34-22-20(21(28)30-12-31-22)32-24(34)40-19-11-18-17(10-16(19)26)37-13-38-18;/h10-12,14-15H,2-9,13,27H2,1H3,(H,29,36)(H2,28,30,31);1H/t14-;/m0./s1. The van der Waals surface area contributed by atoms with Crippen molar-refractivity contribution >= 4 is 69.1 Å². The van der Waals surface area contributed by atoms with Crippen molar-refractivity contribution in [2.75, 3.05) is 38.7 Å². The highest BCUT2D eigenvalue weighted by atomic mass is 79.9. The van der Waals surface area contributed by atoms with Gasteiger partial charge in [0, 0.05) is 42.1 Å². The SMILES string of the molecule is C[C@H](OC(=O)NCCN)C(=O)N1CCC(CCn2c(Sc3cc4c(cc3Br)OCO4)nc3c(N)ncnc32)CC1.Cl. The molecule has 5 N–H and O–H groups in total. The van der Waals surface area contributed by atoms with Gasteiger partial charge in [0.1, 0.15) is 6.33 Å². The summed E-state index contributed by atoms with van der Waals surface area (Å²) in [5.74, 6) is 1.92. The number of anilines is 1. The van der Waals surface area contributed by atoms with Gasteiger partial charge in [-0.25, -0.2) is 19.7 Å². The lowest BCUT2D eigenvalue weighted by Gasteiger charge is -2.33. The Morgan fingerprint density at radius 2 is 1.98 bits per heavy atom. The molecule has 0 bridgehead atoms. The van der Waals surface area contributed by atoms with Crippen LogP contribution >= 0.6 is 40.1 Å². The first-order chi connectivity index (χ1) is 19.3. The summed E-state index contributed by atoms with van der Waals surface area (Å²) >= 11 is 5.11. The van der Waals surface area contributed by atoms with E-state index in [1.807, 2.05) is 12.1 Å². The number of nitrogens with two attached hydrogens (primary N) is 2. The number of aryl methyl sites for hydroxylation is 1. The maximum atomic E-state index is 12.8. The number of aromatic nitrogens is 4. The molecule has 0 spiro atoms. The summed E-state index contributed by atoms with van der Waals surface area (Å²) in [5.41, 5.74) is 12.8. The summed E-state index contributed by atoms with van der Waals surface area (Å²) < 4.78 is 19.2. The minimum absolute atomic E-state index is 0. The Balaban J connectivity index is 0.00000387. The van der Waals surface area contributed by atoms with Gasteiger partial charge in [-0.05, 0) is 60.2 Å². The van der Waals surface area contributed by atoms with E-state index in [1.54, 1.807) is 11.8 Å². The number of carbonyl (C=O) groups excluding carboxylic acids is 2. The van der Waals surface area contributed by atoms with Gasteiger partial charge in [0.15, 0.2) is 39.7 Å². The van der Waals surface area contributed by atoms with Crippen LogP contribution in [-0.4, -0.2) is 75.5 Å². The number of carbonyl (C=O) groups is 2. The molecule has 2 aliphatic rings. The second kappa shape index (κ2) is 13.8. The van der Waals surface area contributed by atoms with Gasteiger partial charge in [-0.1, -0.05) is 11.8 Å². The number of piperidine rings is 1. The molecule has 41 heavy (non-hydrogen) atoms. The van der Waals surface area contributed by atoms with Gasteiger partial charge in [0.05, 0.1) is 0 Å². The van der Waals surface area contributed by atoms with Gasteiger partial charge in [0.25, 0.3) is 5.91 Å². The summed E-state index contributed by atoms with van der Waals surface area (Å²) in [4.78, 5) is 40.6. The van der Waals surface area contributed by atoms with Gasteiger partial charge < -0.3 is 40.5 Å². The molecule has 2 aliphatic heterocycles. The molecule has 1 saturated heterocycles. The van der Waals surface area contributed by atoms with Crippen molar-refractivity contribution in [2.24, 2.45) is 11.7 Å². The second-order valence-electron chi connectivity index (χ2n) is 9.54. The highest BCUT2D eigenvalue weighted by Crippen LogP contribution is 2.43. The molecular formula is C25H32BrClN8O5S. The minimum atomic E-state index is -0.855. The molecule has 1 atom stereocenters. The quantitative estimate of drug-likeness (QED) is 0.305. The third-order valence-electron chi connectivity index (χ3n) is 6.89. The van der Waals surface area contributed by atoms with Crippen LogP contribution in [0.1, 0.15) is 26.2 Å². The topological polar surface area (TPSA) is 173 Å². The Hall–Kier alpha value is -3.01. The third kappa shape index (κ3) is 7.08. The zero-order chi connectivity index (χ0) is 28.2. The fourth-order valence-electron chi connectivity index (χ4n) is 4.73. The average molecular weight is 672 g/mol. The Morgan fingerprint density at radius 3 is 2.71 bits per heavy atom. The first kappa shape index (κ1) is 30.9. The van der Waals surface area contributed by atoms with Gasteiger partial charge in [-0.2, -0.15) is 0 Å². The minimum Gasteiger partial charge on any atom is -0.454 e. The molecule has 0 aliphatic carbocycles. The summed E-state index contributed by atoms with van der Waals surface area (Å²) in [7, 11) is 0. The molecular weight excluding hydrogens is 640 g/mol. The highest BCUT2D eigenvalue weighted by Gasteiger charge is 2.28. The summed E-state index contributed by atoms with van der Waals surface area (Å²) in [6, 6.07) is 3.81. The zero-order valence-electron chi connectivity index (χ0n) is 22.4. The van der Waals surface area contributed by atoms with Crippen LogP contribution in [0.25, 0.3) is 11.2 Å². The van der Waals surface area contributed by atoms with Crippen LogP contribution in [0.3, 0.4) is 0 Å². The van der Waals surface area contributed by atoms with Gasteiger partial charge in [-0.3, -0.25) is 4.79 Å². The van der Waals surface area contributed by atoms with Crippen LogP contribution in [0.15, 0.2) is 33.0 Å². The van der Waals surface area contributed by atoms with Crippen LogP contribution in [0.2, 0.25) is 0 Å². The molecule has 1 aromatic carbocycles.